The van der Waals surface area contributed by atoms with E-state index in [4.69, 9.17) is 17.0 Å². The molecule has 0 aliphatic heterocycles. The van der Waals surface area contributed by atoms with Crippen molar-refractivity contribution < 1.29 is 9.53 Å². The number of aryl methyl sites for hydroxylation is 1. The second-order valence-electron chi connectivity index (χ2n) is 6.38. The van der Waals surface area contributed by atoms with E-state index in [-0.39, 0.29) is 12.0 Å². The summed E-state index contributed by atoms with van der Waals surface area (Å²) in [7, 11) is 1.39. The molecule has 0 saturated heterocycles. The largest absolute Gasteiger partial charge is 0.465 e. The number of hydrogen-bond acceptors (Lipinski definition) is 4. The maximum atomic E-state index is 11.7. The van der Waals surface area contributed by atoms with Crippen molar-refractivity contribution in [3.05, 3.63) is 65.0 Å². The smallest absolute Gasteiger partial charge is 0.348 e. The lowest BCUT2D eigenvalue weighted by atomic mass is 10.1. The van der Waals surface area contributed by atoms with Crippen molar-refractivity contribution >= 4 is 50.4 Å². The highest BCUT2D eigenvalue weighted by Gasteiger charge is 2.11. The van der Waals surface area contributed by atoms with E-state index in [2.05, 4.69) is 41.8 Å². The molecule has 2 N–H and O–H groups in total. The quantitative estimate of drug-likeness (QED) is 0.452. The number of carbonyl (C=O) groups excluding carboxylic acids is 1. The minimum absolute atomic E-state index is 0.265. The van der Waals surface area contributed by atoms with Crippen LogP contribution >= 0.6 is 23.6 Å². The number of hydrogen-bond donors (Lipinski definition) is 2. The maximum absolute atomic E-state index is 11.7. The van der Waals surface area contributed by atoms with Gasteiger partial charge in [-0.25, -0.2) is 4.79 Å². The molecule has 0 spiro atoms. The number of nitrogens with one attached hydrogen (secondary N) is 2. The average Bonchev–Trinajstić information content (AvgIpc) is 3.10. The fourth-order valence-corrected chi connectivity index (χ4v) is 4.09. The molecule has 0 radical (unpaired) electrons. The van der Waals surface area contributed by atoms with E-state index < -0.39 is 0 Å². The number of ether oxygens (including phenoxy) is 1. The molecule has 4 nitrogen and oxygen atoms in total. The minimum Gasteiger partial charge on any atom is -0.465 e. The van der Waals surface area contributed by atoms with E-state index in [1.54, 1.807) is 0 Å². The van der Waals surface area contributed by atoms with Crippen molar-refractivity contribution in [2.45, 2.75) is 25.8 Å². The van der Waals surface area contributed by atoms with Gasteiger partial charge in [0.25, 0.3) is 0 Å². The summed E-state index contributed by atoms with van der Waals surface area (Å²) < 4.78 is 5.82. The van der Waals surface area contributed by atoms with Gasteiger partial charge in [-0.1, -0.05) is 30.3 Å². The van der Waals surface area contributed by atoms with E-state index in [1.807, 2.05) is 30.3 Å². The summed E-state index contributed by atoms with van der Waals surface area (Å²) in [5.41, 5.74) is 2.22. The fourth-order valence-electron chi connectivity index (χ4n) is 2.81. The van der Waals surface area contributed by atoms with Crippen molar-refractivity contribution in [3.8, 4) is 0 Å². The summed E-state index contributed by atoms with van der Waals surface area (Å²) in [6, 6.07) is 18.5. The number of carbonyl (C=O) groups is 1. The normalized spacial score (nSPS) is 11.8. The number of anilines is 1. The van der Waals surface area contributed by atoms with Crippen molar-refractivity contribution in [1.29, 1.82) is 0 Å². The summed E-state index contributed by atoms with van der Waals surface area (Å²) in [6.45, 7) is 2.13. The molecule has 1 atom stereocenters. The number of fused-ring (bicyclic) bond motifs is 1. The third-order valence-electron chi connectivity index (χ3n) is 4.25. The van der Waals surface area contributed by atoms with Gasteiger partial charge in [0.15, 0.2) is 5.11 Å². The summed E-state index contributed by atoms with van der Waals surface area (Å²) in [4.78, 5) is 12.3. The molecule has 27 heavy (non-hydrogen) atoms. The number of rotatable bonds is 6. The molecule has 3 aromatic rings. The number of thiophene rings is 1. The second-order valence-corrected chi connectivity index (χ2v) is 7.87. The zero-order valence-corrected chi connectivity index (χ0v) is 17.0. The first kappa shape index (κ1) is 19.3. The van der Waals surface area contributed by atoms with Crippen LogP contribution in [0.2, 0.25) is 0 Å². The predicted molar refractivity (Wildman–Crippen MR) is 117 cm³/mol. The van der Waals surface area contributed by atoms with Gasteiger partial charge in [0.1, 0.15) is 4.88 Å². The second kappa shape index (κ2) is 8.97. The van der Waals surface area contributed by atoms with Crippen LogP contribution in [0.4, 0.5) is 5.69 Å². The Bertz CT molecular complexity index is 938. The first-order valence-corrected chi connectivity index (χ1v) is 10.0. The lowest BCUT2D eigenvalue weighted by Crippen LogP contribution is -2.36. The molecule has 1 heterocycles. The topological polar surface area (TPSA) is 50.4 Å². The van der Waals surface area contributed by atoms with Crippen LogP contribution in [-0.2, 0) is 11.2 Å². The van der Waals surface area contributed by atoms with Crippen LogP contribution in [0.15, 0.2) is 54.6 Å². The van der Waals surface area contributed by atoms with Gasteiger partial charge in [-0.15, -0.1) is 11.3 Å². The van der Waals surface area contributed by atoms with Crippen molar-refractivity contribution in [3.63, 3.8) is 0 Å². The third-order valence-corrected chi connectivity index (χ3v) is 5.56. The number of esters is 1. The van der Waals surface area contributed by atoms with E-state index in [9.17, 15) is 4.79 Å². The molecule has 3 rings (SSSR count). The highest BCUT2D eigenvalue weighted by Crippen LogP contribution is 2.28. The van der Waals surface area contributed by atoms with Gasteiger partial charge in [-0.3, -0.25) is 0 Å². The van der Waals surface area contributed by atoms with Crippen molar-refractivity contribution in [1.82, 2.24) is 5.32 Å². The highest BCUT2D eigenvalue weighted by molar-refractivity contribution is 7.80. The Morgan fingerprint density at radius 3 is 2.70 bits per heavy atom. The zero-order valence-electron chi connectivity index (χ0n) is 15.3. The SMILES string of the molecule is COC(=O)c1cc2cc(NC(=S)NC(C)CCc3ccccc3)ccc2s1. The molecule has 6 heteroatoms. The van der Waals surface area contributed by atoms with Crippen LogP contribution in [0.3, 0.4) is 0 Å². The molecule has 0 fully saturated rings. The van der Waals surface area contributed by atoms with Gasteiger partial charge < -0.3 is 15.4 Å². The molecule has 0 saturated carbocycles. The van der Waals surface area contributed by atoms with Crippen LogP contribution in [0.25, 0.3) is 10.1 Å². The van der Waals surface area contributed by atoms with E-state index in [1.165, 1.54) is 24.0 Å². The monoisotopic (exact) mass is 398 g/mol. The van der Waals surface area contributed by atoms with Crippen LogP contribution in [0, 0.1) is 0 Å². The molecular formula is C21H22N2O2S2. The molecule has 140 valence electrons. The molecule has 0 aliphatic carbocycles. The number of benzene rings is 2. The Labute approximate surface area is 168 Å². The summed E-state index contributed by atoms with van der Waals surface area (Å²) in [5.74, 6) is -0.310. The third kappa shape index (κ3) is 5.28. The van der Waals surface area contributed by atoms with E-state index in [0.29, 0.717) is 9.99 Å². The van der Waals surface area contributed by atoms with Crippen molar-refractivity contribution in [2.75, 3.05) is 12.4 Å². The van der Waals surface area contributed by atoms with E-state index >= 15 is 0 Å². The van der Waals surface area contributed by atoms with Crippen molar-refractivity contribution in [2.24, 2.45) is 0 Å². The Kier molecular flexibility index (Phi) is 6.42. The molecule has 0 aliphatic rings. The summed E-state index contributed by atoms with van der Waals surface area (Å²) in [6.07, 6.45) is 2.01. The van der Waals surface area contributed by atoms with Crippen LogP contribution in [0.5, 0.6) is 0 Å². The summed E-state index contributed by atoms with van der Waals surface area (Å²) in [5, 5.41) is 8.14. The number of thiocarbonyl (C=S) groups is 1. The van der Waals surface area contributed by atoms with E-state index in [0.717, 1.165) is 28.6 Å². The molecule has 0 amide bonds. The van der Waals surface area contributed by atoms with Gasteiger partial charge in [0.05, 0.1) is 7.11 Å². The summed E-state index contributed by atoms with van der Waals surface area (Å²) >= 11 is 6.86. The Morgan fingerprint density at radius 1 is 1.19 bits per heavy atom. The standard InChI is InChI=1S/C21H22N2O2S2/c1-14(8-9-15-6-4-3-5-7-15)22-21(26)23-17-10-11-18-16(12-17)13-19(27-18)20(24)25-2/h3-7,10-14H,8-9H2,1-2H3,(H2,22,23,26). The Morgan fingerprint density at radius 2 is 1.96 bits per heavy atom. The molecule has 1 unspecified atom stereocenters. The molecule has 0 bridgehead atoms. The maximum Gasteiger partial charge on any atom is 0.348 e. The lowest BCUT2D eigenvalue weighted by molar-refractivity contribution is 0.0606. The lowest BCUT2D eigenvalue weighted by Gasteiger charge is -2.17. The Hall–Kier alpha value is -2.44. The number of methoxy groups -OCH3 is 1. The predicted octanol–water partition coefficient (Wildman–Crippen LogP) is 5.00. The molecule has 1 aromatic heterocycles. The Balaban J connectivity index is 1.56. The first-order valence-electron chi connectivity index (χ1n) is 8.78. The van der Waals surface area contributed by atoms with Gasteiger partial charge in [-0.05, 0) is 67.2 Å². The fraction of sp³-hybridized carbons (Fsp3) is 0.238. The zero-order chi connectivity index (χ0) is 19.2. The highest BCUT2D eigenvalue weighted by atomic mass is 32.1. The molecule has 2 aromatic carbocycles. The van der Waals surface area contributed by atoms with Crippen LogP contribution in [0.1, 0.15) is 28.6 Å². The van der Waals surface area contributed by atoms with Crippen LogP contribution < -0.4 is 10.6 Å². The van der Waals surface area contributed by atoms with Gasteiger partial charge >= 0.3 is 5.97 Å². The van der Waals surface area contributed by atoms with Gasteiger partial charge in [-0.2, -0.15) is 0 Å². The minimum atomic E-state index is -0.310. The molecular weight excluding hydrogens is 376 g/mol. The average molecular weight is 399 g/mol. The van der Waals surface area contributed by atoms with Gasteiger partial charge in [0, 0.05) is 16.4 Å². The van der Waals surface area contributed by atoms with Gasteiger partial charge in [0.2, 0.25) is 0 Å². The van der Waals surface area contributed by atoms with Crippen LogP contribution in [-0.4, -0.2) is 24.2 Å². The first-order chi connectivity index (χ1) is 13.0.